The molecule has 2 unspecified atom stereocenters. The van der Waals surface area contributed by atoms with E-state index in [1.165, 1.54) is 30.5 Å². The van der Waals surface area contributed by atoms with Gasteiger partial charge in [-0.1, -0.05) is 13.3 Å². The first-order valence-corrected chi connectivity index (χ1v) is 6.32. The van der Waals surface area contributed by atoms with Gasteiger partial charge in [-0.25, -0.2) is 0 Å². The Labute approximate surface area is 98.2 Å². The number of hydrogen-bond donors (Lipinski definition) is 1. The number of aryl methyl sites for hydroxylation is 2. The molecule has 1 heterocycles. The molecule has 0 bridgehead atoms. The lowest BCUT2D eigenvalue weighted by Gasteiger charge is -2.17. The summed E-state index contributed by atoms with van der Waals surface area (Å²) in [6.45, 7) is 7.57. The van der Waals surface area contributed by atoms with Crippen molar-refractivity contribution in [1.29, 1.82) is 0 Å². The van der Waals surface area contributed by atoms with E-state index < -0.39 is 0 Å². The van der Waals surface area contributed by atoms with Crippen molar-refractivity contribution >= 4 is 0 Å². The maximum Gasteiger partial charge on any atom is 0.0641 e. The molecule has 1 aromatic heterocycles. The highest BCUT2D eigenvalue weighted by Crippen LogP contribution is 2.25. The van der Waals surface area contributed by atoms with E-state index in [1.54, 1.807) is 0 Å². The minimum absolute atomic E-state index is 0.707. The van der Waals surface area contributed by atoms with Gasteiger partial charge in [0.05, 0.1) is 5.69 Å². The number of hydrogen-bond acceptors (Lipinski definition) is 2. The molecule has 1 fully saturated rings. The fourth-order valence-electron chi connectivity index (χ4n) is 2.76. The summed E-state index contributed by atoms with van der Waals surface area (Å²) in [5, 5.41) is 8.14. The molecule has 1 aliphatic carbocycles. The average molecular weight is 221 g/mol. The predicted molar refractivity (Wildman–Crippen MR) is 66.3 cm³/mol. The van der Waals surface area contributed by atoms with E-state index in [0.29, 0.717) is 6.04 Å². The normalized spacial score (nSPS) is 25.2. The summed E-state index contributed by atoms with van der Waals surface area (Å²) in [4.78, 5) is 0. The van der Waals surface area contributed by atoms with E-state index in [9.17, 15) is 0 Å². The molecule has 1 aliphatic rings. The lowest BCUT2D eigenvalue weighted by molar-refractivity contribution is 0.425. The molecule has 0 radical (unpaired) electrons. The van der Waals surface area contributed by atoms with E-state index in [-0.39, 0.29) is 0 Å². The van der Waals surface area contributed by atoms with Crippen LogP contribution in [0.4, 0.5) is 0 Å². The van der Waals surface area contributed by atoms with Gasteiger partial charge in [0.25, 0.3) is 0 Å². The molecule has 1 saturated carbocycles. The van der Waals surface area contributed by atoms with Gasteiger partial charge in [0.2, 0.25) is 0 Å². The Kier molecular flexibility index (Phi) is 3.33. The van der Waals surface area contributed by atoms with Crippen molar-refractivity contribution in [2.45, 2.75) is 52.6 Å². The van der Waals surface area contributed by atoms with Crippen LogP contribution in [0.5, 0.6) is 0 Å². The van der Waals surface area contributed by atoms with E-state index in [1.807, 2.05) is 11.7 Å². The molecule has 3 heteroatoms. The summed E-state index contributed by atoms with van der Waals surface area (Å²) in [5.74, 6) is 0.831. The first-order chi connectivity index (χ1) is 7.59. The summed E-state index contributed by atoms with van der Waals surface area (Å²) in [7, 11) is 2.02. The summed E-state index contributed by atoms with van der Waals surface area (Å²) in [6.07, 6.45) is 4.09. The van der Waals surface area contributed by atoms with E-state index in [4.69, 9.17) is 0 Å². The van der Waals surface area contributed by atoms with Gasteiger partial charge in [-0.15, -0.1) is 0 Å². The van der Waals surface area contributed by atoms with Crippen molar-refractivity contribution in [3.8, 4) is 0 Å². The van der Waals surface area contributed by atoms with Crippen LogP contribution in [-0.4, -0.2) is 15.8 Å². The zero-order valence-corrected chi connectivity index (χ0v) is 10.9. The second-order valence-corrected chi connectivity index (χ2v) is 5.17. The molecule has 16 heavy (non-hydrogen) atoms. The highest BCUT2D eigenvalue weighted by molar-refractivity contribution is 5.24. The highest BCUT2D eigenvalue weighted by atomic mass is 15.3. The van der Waals surface area contributed by atoms with Crippen LogP contribution in [0.2, 0.25) is 0 Å². The molecule has 1 N–H and O–H groups in total. The molecule has 0 amide bonds. The average Bonchev–Trinajstić information content (AvgIpc) is 2.72. The van der Waals surface area contributed by atoms with Crippen molar-refractivity contribution in [3.05, 3.63) is 17.0 Å². The Hall–Kier alpha value is -0.830. The molecule has 1 aromatic rings. The molecule has 2 rings (SSSR count). The van der Waals surface area contributed by atoms with Crippen molar-refractivity contribution < 1.29 is 0 Å². The van der Waals surface area contributed by atoms with Gasteiger partial charge in [0, 0.05) is 30.9 Å². The van der Waals surface area contributed by atoms with Gasteiger partial charge < -0.3 is 5.32 Å². The minimum atomic E-state index is 0.707. The standard InChI is InChI=1S/C13H23N3/c1-9-6-5-7-13(9)14-8-12-10(2)15-16(4)11(12)3/h9,13-14H,5-8H2,1-4H3. The van der Waals surface area contributed by atoms with Crippen LogP contribution in [0.1, 0.15) is 43.1 Å². The lowest BCUT2D eigenvalue weighted by atomic mass is 10.1. The number of nitrogens with one attached hydrogen (secondary N) is 1. The Morgan fingerprint density at radius 2 is 2.12 bits per heavy atom. The fourth-order valence-corrected chi connectivity index (χ4v) is 2.76. The number of aromatic nitrogens is 2. The zero-order chi connectivity index (χ0) is 11.7. The molecule has 0 spiro atoms. The Morgan fingerprint density at radius 3 is 2.62 bits per heavy atom. The lowest BCUT2D eigenvalue weighted by Crippen LogP contribution is -2.30. The summed E-state index contributed by atoms with van der Waals surface area (Å²) < 4.78 is 1.98. The van der Waals surface area contributed by atoms with Gasteiger partial charge in [0.1, 0.15) is 0 Å². The molecular formula is C13H23N3. The fraction of sp³-hybridized carbons (Fsp3) is 0.769. The zero-order valence-electron chi connectivity index (χ0n) is 10.9. The SMILES string of the molecule is Cc1nn(C)c(C)c1CNC1CCCC1C. The Balaban J connectivity index is 1.99. The second kappa shape index (κ2) is 4.58. The van der Waals surface area contributed by atoms with Crippen LogP contribution in [0.3, 0.4) is 0 Å². The third kappa shape index (κ3) is 2.14. The quantitative estimate of drug-likeness (QED) is 0.849. The van der Waals surface area contributed by atoms with Crippen LogP contribution in [0.15, 0.2) is 0 Å². The molecule has 2 atom stereocenters. The summed E-state index contributed by atoms with van der Waals surface area (Å²) in [5.41, 5.74) is 3.83. The van der Waals surface area contributed by atoms with Crippen LogP contribution >= 0.6 is 0 Å². The minimum Gasteiger partial charge on any atom is -0.310 e. The Morgan fingerprint density at radius 1 is 1.38 bits per heavy atom. The monoisotopic (exact) mass is 221 g/mol. The van der Waals surface area contributed by atoms with Crippen molar-refractivity contribution in [3.63, 3.8) is 0 Å². The van der Waals surface area contributed by atoms with Crippen LogP contribution in [0.25, 0.3) is 0 Å². The van der Waals surface area contributed by atoms with Crippen LogP contribution in [0, 0.1) is 19.8 Å². The third-order valence-electron chi connectivity index (χ3n) is 4.06. The second-order valence-electron chi connectivity index (χ2n) is 5.17. The van der Waals surface area contributed by atoms with Gasteiger partial charge in [0.15, 0.2) is 0 Å². The van der Waals surface area contributed by atoms with Crippen molar-refractivity contribution in [2.75, 3.05) is 0 Å². The summed E-state index contributed by atoms with van der Waals surface area (Å²) in [6, 6.07) is 0.707. The topological polar surface area (TPSA) is 29.9 Å². The van der Waals surface area contributed by atoms with E-state index in [0.717, 1.165) is 18.2 Å². The van der Waals surface area contributed by atoms with Crippen LogP contribution < -0.4 is 5.32 Å². The van der Waals surface area contributed by atoms with E-state index in [2.05, 4.69) is 31.2 Å². The van der Waals surface area contributed by atoms with Gasteiger partial charge in [-0.05, 0) is 32.6 Å². The van der Waals surface area contributed by atoms with Crippen molar-refractivity contribution in [2.24, 2.45) is 13.0 Å². The molecule has 3 nitrogen and oxygen atoms in total. The number of nitrogens with zero attached hydrogens (tertiary/aromatic N) is 2. The van der Waals surface area contributed by atoms with Gasteiger partial charge in [-0.2, -0.15) is 5.10 Å². The molecule has 0 saturated heterocycles. The smallest absolute Gasteiger partial charge is 0.0641 e. The van der Waals surface area contributed by atoms with Crippen LogP contribution in [-0.2, 0) is 13.6 Å². The first kappa shape index (κ1) is 11.6. The molecule has 90 valence electrons. The van der Waals surface area contributed by atoms with E-state index >= 15 is 0 Å². The summed E-state index contributed by atoms with van der Waals surface area (Å²) >= 11 is 0. The predicted octanol–water partition coefficient (Wildman–Crippen LogP) is 2.32. The largest absolute Gasteiger partial charge is 0.310 e. The van der Waals surface area contributed by atoms with Gasteiger partial charge in [-0.3, -0.25) is 4.68 Å². The van der Waals surface area contributed by atoms with Crippen molar-refractivity contribution in [1.82, 2.24) is 15.1 Å². The van der Waals surface area contributed by atoms with Gasteiger partial charge >= 0.3 is 0 Å². The Bertz CT molecular complexity index is 367. The molecular weight excluding hydrogens is 198 g/mol. The maximum absolute atomic E-state index is 4.45. The third-order valence-corrected chi connectivity index (χ3v) is 4.06. The molecule has 0 aromatic carbocycles. The highest BCUT2D eigenvalue weighted by Gasteiger charge is 2.23. The maximum atomic E-state index is 4.45. The molecule has 0 aliphatic heterocycles. The first-order valence-electron chi connectivity index (χ1n) is 6.32. The number of rotatable bonds is 3.